The van der Waals surface area contributed by atoms with Crippen LogP contribution in [-0.2, 0) is 11.2 Å². The van der Waals surface area contributed by atoms with Crippen molar-refractivity contribution in [3.63, 3.8) is 0 Å². The molecule has 2 aliphatic heterocycles. The third-order valence-electron chi connectivity index (χ3n) is 7.17. The van der Waals surface area contributed by atoms with E-state index in [1.54, 1.807) is 15.6 Å². The van der Waals surface area contributed by atoms with Gasteiger partial charge in [0.25, 0.3) is 0 Å². The molecule has 0 spiro atoms. The van der Waals surface area contributed by atoms with Crippen LogP contribution < -0.4 is 10.1 Å². The van der Waals surface area contributed by atoms with E-state index in [0.717, 1.165) is 56.5 Å². The van der Waals surface area contributed by atoms with Gasteiger partial charge in [-0.05, 0) is 50.8 Å². The smallest absolute Gasteiger partial charge is 0.322 e. The van der Waals surface area contributed by atoms with Gasteiger partial charge in [0.2, 0.25) is 11.9 Å². The van der Waals surface area contributed by atoms with Crippen molar-refractivity contribution in [1.82, 2.24) is 29.4 Å². The fraction of sp³-hybridized carbons (Fsp3) is 0.500. The average molecular weight is 522 g/mol. The molecule has 0 bridgehead atoms. The van der Waals surface area contributed by atoms with Gasteiger partial charge in [0, 0.05) is 45.2 Å². The minimum Gasteiger partial charge on any atom is -0.460 e. The summed E-state index contributed by atoms with van der Waals surface area (Å²) in [5, 5.41) is 17.5. The number of benzene rings is 1. The van der Waals surface area contributed by atoms with Crippen LogP contribution in [0.1, 0.15) is 31.2 Å². The Morgan fingerprint density at radius 2 is 1.95 bits per heavy atom. The molecule has 2 fully saturated rings. The van der Waals surface area contributed by atoms with Crippen LogP contribution >= 0.6 is 0 Å². The van der Waals surface area contributed by atoms with Crippen LogP contribution in [0.4, 0.5) is 5.95 Å². The van der Waals surface area contributed by atoms with E-state index in [9.17, 15) is 9.90 Å². The van der Waals surface area contributed by atoms with Crippen molar-refractivity contribution < 1.29 is 14.6 Å². The topological polar surface area (TPSA) is 108 Å². The molecule has 2 N–H and O–H groups in total. The summed E-state index contributed by atoms with van der Waals surface area (Å²) >= 11 is 0. The molecule has 2 aliphatic rings. The summed E-state index contributed by atoms with van der Waals surface area (Å²) in [7, 11) is 3.94. The van der Waals surface area contributed by atoms with Gasteiger partial charge in [-0.2, -0.15) is 19.6 Å². The van der Waals surface area contributed by atoms with Crippen LogP contribution in [0.25, 0.3) is 5.65 Å². The number of aliphatic hydroxyl groups is 1. The lowest BCUT2D eigenvalue weighted by Gasteiger charge is -2.34. The van der Waals surface area contributed by atoms with Crippen LogP contribution in [0.3, 0.4) is 0 Å². The number of ether oxygens (including phenoxy) is 1. The Hall–Kier alpha value is -3.50. The molecule has 1 amide bonds. The largest absolute Gasteiger partial charge is 0.460 e. The van der Waals surface area contributed by atoms with Crippen molar-refractivity contribution in [3.05, 3.63) is 60.8 Å². The minimum absolute atomic E-state index is 0.0309. The molecular formula is C28H39N7O3. The number of aromatic nitrogens is 4. The number of piperidine rings is 2. The van der Waals surface area contributed by atoms with E-state index >= 15 is 0 Å². The number of nitrogens with one attached hydrogen (secondary N) is 1. The van der Waals surface area contributed by atoms with Crippen LogP contribution in [0.15, 0.2) is 55.3 Å². The summed E-state index contributed by atoms with van der Waals surface area (Å²) in [5.74, 6) is 0.771. The number of carbonyl (C=O) groups excluding carboxylic acids is 1. The maximum absolute atomic E-state index is 11.6. The van der Waals surface area contributed by atoms with Crippen molar-refractivity contribution in [1.29, 1.82) is 0 Å². The van der Waals surface area contributed by atoms with E-state index in [2.05, 4.69) is 38.9 Å². The van der Waals surface area contributed by atoms with E-state index in [4.69, 9.17) is 4.74 Å². The third kappa shape index (κ3) is 7.29. The first-order valence-corrected chi connectivity index (χ1v) is 13.3. The van der Waals surface area contributed by atoms with Gasteiger partial charge in [-0.1, -0.05) is 36.9 Å². The predicted molar refractivity (Wildman–Crippen MR) is 147 cm³/mol. The SMILES string of the molecule is C=CC(=O)N1CCCC(C(O)Cc2ccccc2)C1.CNc1nc(OC2CCN(C)CC2)nc2ccnn12. The zero-order valence-corrected chi connectivity index (χ0v) is 22.4. The normalized spacial score (nSPS) is 19.3. The number of fused-ring (bicyclic) bond motifs is 1. The van der Waals surface area contributed by atoms with Crippen molar-refractivity contribution in [2.24, 2.45) is 5.92 Å². The molecule has 10 nitrogen and oxygen atoms in total. The first-order chi connectivity index (χ1) is 18.5. The highest BCUT2D eigenvalue weighted by atomic mass is 16.5. The fourth-order valence-electron chi connectivity index (χ4n) is 4.95. The molecule has 2 aromatic heterocycles. The highest BCUT2D eigenvalue weighted by Gasteiger charge is 2.27. The lowest BCUT2D eigenvalue weighted by Crippen LogP contribution is -2.43. The summed E-state index contributed by atoms with van der Waals surface area (Å²) in [4.78, 5) is 24.4. The Morgan fingerprint density at radius 1 is 1.18 bits per heavy atom. The molecule has 204 valence electrons. The molecule has 2 atom stereocenters. The minimum atomic E-state index is -0.386. The van der Waals surface area contributed by atoms with Crippen LogP contribution in [-0.4, -0.2) is 92.9 Å². The van der Waals surface area contributed by atoms with Crippen LogP contribution in [0, 0.1) is 5.92 Å². The average Bonchev–Trinajstić information content (AvgIpc) is 3.43. The highest BCUT2D eigenvalue weighted by Crippen LogP contribution is 2.22. The van der Waals surface area contributed by atoms with E-state index in [0.29, 0.717) is 24.9 Å². The Kier molecular flexibility index (Phi) is 9.67. The number of likely N-dealkylation sites (tertiary alicyclic amines) is 2. The number of rotatable bonds is 7. The molecule has 1 aromatic carbocycles. The maximum atomic E-state index is 11.6. The first kappa shape index (κ1) is 27.5. The van der Waals surface area contributed by atoms with E-state index in [-0.39, 0.29) is 24.0 Å². The molecule has 38 heavy (non-hydrogen) atoms. The van der Waals surface area contributed by atoms with Gasteiger partial charge in [0.15, 0.2) is 5.65 Å². The molecule has 0 radical (unpaired) electrons. The second-order valence-electron chi connectivity index (χ2n) is 9.95. The highest BCUT2D eigenvalue weighted by molar-refractivity contribution is 5.87. The van der Waals surface area contributed by atoms with Crippen molar-refractivity contribution in [2.45, 2.75) is 44.3 Å². The lowest BCUT2D eigenvalue weighted by atomic mass is 9.89. The zero-order valence-electron chi connectivity index (χ0n) is 22.4. The summed E-state index contributed by atoms with van der Waals surface area (Å²) in [5.41, 5.74) is 1.88. The van der Waals surface area contributed by atoms with Gasteiger partial charge in [0.05, 0.1) is 12.3 Å². The number of anilines is 1. The zero-order chi connectivity index (χ0) is 26.9. The Labute approximate surface area is 224 Å². The maximum Gasteiger partial charge on any atom is 0.322 e. The first-order valence-electron chi connectivity index (χ1n) is 13.3. The molecule has 3 aromatic rings. The van der Waals surface area contributed by atoms with Gasteiger partial charge >= 0.3 is 6.01 Å². The van der Waals surface area contributed by atoms with E-state index < -0.39 is 0 Å². The van der Waals surface area contributed by atoms with Crippen molar-refractivity contribution >= 4 is 17.5 Å². The van der Waals surface area contributed by atoms with Crippen LogP contribution in [0.5, 0.6) is 6.01 Å². The molecule has 10 heteroatoms. The molecule has 2 saturated heterocycles. The van der Waals surface area contributed by atoms with Gasteiger partial charge < -0.3 is 25.0 Å². The van der Waals surface area contributed by atoms with E-state index in [1.807, 2.05) is 43.4 Å². The summed E-state index contributed by atoms with van der Waals surface area (Å²) < 4.78 is 7.55. The molecular weight excluding hydrogens is 482 g/mol. The number of aliphatic hydroxyl groups excluding tert-OH is 1. The van der Waals surface area contributed by atoms with Gasteiger partial charge in [-0.25, -0.2) is 0 Å². The van der Waals surface area contributed by atoms with Gasteiger partial charge in [-0.3, -0.25) is 4.79 Å². The Morgan fingerprint density at radius 3 is 2.66 bits per heavy atom. The summed E-state index contributed by atoms with van der Waals surface area (Å²) in [6, 6.07) is 12.3. The van der Waals surface area contributed by atoms with Gasteiger partial charge in [0.1, 0.15) is 6.10 Å². The molecule has 4 heterocycles. The fourth-order valence-corrected chi connectivity index (χ4v) is 4.95. The lowest BCUT2D eigenvalue weighted by molar-refractivity contribution is -0.128. The second-order valence-corrected chi connectivity index (χ2v) is 9.95. The second kappa shape index (κ2) is 13.3. The quantitative estimate of drug-likeness (QED) is 0.457. The standard InChI is InChI=1S/C16H21NO2.C12H18N6O/c1-2-16(19)17-10-6-9-14(12-17)15(18)11-13-7-4-3-5-8-13;1-13-11-16-12(15-10-3-6-14-18(10)11)19-9-4-7-17(2)8-5-9/h2-5,7-8,14-15,18H,1,6,9-12H2;3,6,9H,4-5,7-8H2,1-2H3,(H,13,15,16). The Balaban J connectivity index is 0.000000177. The molecule has 5 rings (SSSR count). The van der Waals surface area contributed by atoms with Crippen molar-refractivity contribution in [2.75, 3.05) is 45.6 Å². The van der Waals surface area contributed by atoms with Crippen molar-refractivity contribution in [3.8, 4) is 6.01 Å². The predicted octanol–water partition coefficient (Wildman–Crippen LogP) is 2.65. The van der Waals surface area contributed by atoms with E-state index in [1.165, 1.54) is 6.08 Å². The number of carbonyl (C=O) groups is 1. The van der Waals surface area contributed by atoms with Crippen LogP contribution in [0.2, 0.25) is 0 Å². The summed E-state index contributed by atoms with van der Waals surface area (Å²) in [6.45, 7) is 7.04. The number of nitrogens with zero attached hydrogens (tertiary/aromatic N) is 6. The molecule has 0 aliphatic carbocycles. The number of hydrogen-bond donors (Lipinski definition) is 2. The monoisotopic (exact) mass is 521 g/mol. The molecule has 0 saturated carbocycles. The number of amides is 1. The third-order valence-corrected chi connectivity index (χ3v) is 7.17. The number of hydrogen-bond acceptors (Lipinski definition) is 8. The summed E-state index contributed by atoms with van der Waals surface area (Å²) in [6.07, 6.45) is 7.48. The van der Waals surface area contributed by atoms with Gasteiger partial charge in [-0.15, -0.1) is 0 Å². The Bertz CT molecular complexity index is 1180. The molecule has 2 unspecified atom stereocenters.